The molecule has 1 heterocycles. The molecule has 0 unspecified atom stereocenters. The molecule has 0 aliphatic heterocycles. The minimum Gasteiger partial charge on any atom is -0.477 e. The van der Waals surface area contributed by atoms with Gasteiger partial charge in [-0.1, -0.05) is 23.4 Å². The summed E-state index contributed by atoms with van der Waals surface area (Å²) in [5.41, 5.74) is 0.191. The highest BCUT2D eigenvalue weighted by molar-refractivity contribution is 7.99. The molecule has 0 saturated heterocycles. The van der Waals surface area contributed by atoms with Crippen molar-refractivity contribution in [1.82, 2.24) is 4.98 Å². The summed E-state index contributed by atoms with van der Waals surface area (Å²) in [6, 6.07) is 8.98. The molecule has 0 spiro atoms. The van der Waals surface area contributed by atoms with Crippen LogP contribution in [0.5, 0.6) is 0 Å². The molecular weight excluding hydrogens is 246 g/mol. The van der Waals surface area contributed by atoms with Crippen molar-refractivity contribution in [1.29, 1.82) is 0 Å². The second kappa shape index (κ2) is 4.63. The van der Waals surface area contributed by atoms with Crippen LogP contribution in [0.3, 0.4) is 0 Å². The van der Waals surface area contributed by atoms with E-state index in [0.717, 1.165) is 9.79 Å². The second-order valence-electron chi connectivity index (χ2n) is 3.11. The Balaban J connectivity index is 2.14. The molecule has 0 bridgehead atoms. The maximum Gasteiger partial charge on any atom is 0.352 e. The van der Waals surface area contributed by atoms with E-state index in [0.29, 0.717) is 5.02 Å². The number of carboxylic acid groups (broad SMARTS) is 1. The number of aromatic amines is 1. The standard InChI is InChI=1S/C11H8ClNO2S/c12-7-1-3-8(4-2-7)16-9-5-10(11(14)15)13-6-9/h1-6,13H,(H,14,15). The minimum absolute atomic E-state index is 0.191. The van der Waals surface area contributed by atoms with Gasteiger partial charge in [0.05, 0.1) is 0 Å². The predicted molar refractivity (Wildman–Crippen MR) is 63.3 cm³/mol. The number of nitrogens with one attached hydrogen (secondary N) is 1. The summed E-state index contributed by atoms with van der Waals surface area (Å²) >= 11 is 7.25. The van der Waals surface area contributed by atoms with Crippen LogP contribution >= 0.6 is 23.4 Å². The highest BCUT2D eigenvalue weighted by Gasteiger charge is 2.06. The molecule has 1 aromatic heterocycles. The van der Waals surface area contributed by atoms with Crippen molar-refractivity contribution in [3.8, 4) is 0 Å². The molecule has 2 rings (SSSR count). The van der Waals surface area contributed by atoms with Crippen molar-refractivity contribution in [3.63, 3.8) is 0 Å². The Kier molecular flexibility index (Phi) is 3.22. The lowest BCUT2D eigenvalue weighted by atomic mass is 10.4. The first-order valence-electron chi connectivity index (χ1n) is 4.50. The van der Waals surface area contributed by atoms with Gasteiger partial charge in [-0.2, -0.15) is 0 Å². The molecule has 2 aromatic rings. The van der Waals surface area contributed by atoms with Crippen LogP contribution < -0.4 is 0 Å². The summed E-state index contributed by atoms with van der Waals surface area (Å²) in [4.78, 5) is 15.2. The Morgan fingerprint density at radius 1 is 1.25 bits per heavy atom. The van der Waals surface area contributed by atoms with Crippen LogP contribution in [0.2, 0.25) is 5.02 Å². The van der Waals surface area contributed by atoms with Gasteiger partial charge in [-0.25, -0.2) is 4.79 Å². The first kappa shape index (κ1) is 11.1. The summed E-state index contributed by atoms with van der Waals surface area (Å²) in [6.07, 6.45) is 1.67. The maximum atomic E-state index is 10.7. The number of aromatic nitrogens is 1. The fourth-order valence-electron chi connectivity index (χ4n) is 1.20. The first-order chi connectivity index (χ1) is 7.65. The molecule has 3 nitrogen and oxygen atoms in total. The van der Waals surface area contributed by atoms with E-state index >= 15 is 0 Å². The molecule has 1 aromatic carbocycles. The SMILES string of the molecule is O=C(O)c1cc(Sc2ccc(Cl)cc2)c[nH]1. The summed E-state index contributed by atoms with van der Waals surface area (Å²) in [5, 5.41) is 9.43. The van der Waals surface area contributed by atoms with Gasteiger partial charge in [0.25, 0.3) is 0 Å². The highest BCUT2D eigenvalue weighted by Crippen LogP contribution is 2.28. The molecule has 82 valence electrons. The maximum absolute atomic E-state index is 10.7. The number of carboxylic acids is 1. The zero-order valence-electron chi connectivity index (χ0n) is 8.11. The van der Waals surface area contributed by atoms with Crippen molar-refractivity contribution in [3.05, 3.63) is 47.2 Å². The van der Waals surface area contributed by atoms with E-state index in [2.05, 4.69) is 4.98 Å². The van der Waals surface area contributed by atoms with Crippen LogP contribution in [-0.2, 0) is 0 Å². The minimum atomic E-state index is -0.956. The first-order valence-corrected chi connectivity index (χ1v) is 5.70. The Morgan fingerprint density at radius 2 is 1.94 bits per heavy atom. The monoisotopic (exact) mass is 253 g/mol. The fraction of sp³-hybridized carbons (Fsp3) is 0. The zero-order valence-corrected chi connectivity index (χ0v) is 9.68. The van der Waals surface area contributed by atoms with Gasteiger partial charge in [0, 0.05) is 21.0 Å². The Hall–Kier alpha value is -1.39. The summed E-state index contributed by atoms with van der Waals surface area (Å²) in [5.74, 6) is -0.956. The normalized spacial score (nSPS) is 10.3. The van der Waals surface area contributed by atoms with E-state index in [4.69, 9.17) is 16.7 Å². The quantitative estimate of drug-likeness (QED) is 0.880. The third-order valence-electron chi connectivity index (χ3n) is 1.94. The number of carbonyl (C=O) groups is 1. The van der Waals surface area contributed by atoms with Crippen molar-refractivity contribution in [2.75, 3.05) is 0 Å². The van der Waals surface area contributed by atoms with E-state index in [1.807, 2.05) is 12.1 Å². The molecular formula is C11H8ClNO2S. The van der Waals surface area contributed by atoms with Gasteiger partial charge in [0.1, 0.15) is 5.69 Å². The van der Waals surface area contributed by atoms with Crippen molar-refractivity contribution < 1.29 is 9.90 Å². The van der Waals surface area contributed by atoms with Crippen LogP contribution in [0.1, 0.15) is 10.5 Å². The lowest BCUT2D eigenvalue weighted by Crippen LogP contribution is -1.94. The molecule has 0 aliphatic carbocycles. The summed E-state index contributed by atoms with van der Waals surface area (Å²) in [7, 11) is 0. The second-order valence-corrected chi connectivity index (χ2v) is 4.69. The van der Waals surface area contributed by atoms with Crippen LogP contribution in [0.4, 0.5) is 0 Å². The van der Waals surface area contributed by atoms with Gasteiger partial charge in [-0.3, -0.25) is 0 Å². The van der Waals surface area contributed by atoms with Gasteiger partial charge < -0.3 is 10.1 Å². The van der Waals surface area contributed by atoms with E-state index < -0.39 is 5.97 Å². The number of hydrogen-bond donors (Lipinski definition) is 2. The molecule has 16 heavy (non-hydrogen) atoms. The average molecular weight is 254 g/mol. The topological polar surface area (TPSA) is 53.1 Å². The third kappa shape index (κ3) is 2.59. The fourth-order valence-corrected chi connectivity index (χ4v) is 2.16. The Bertz CT molecular complexity index is 507. The number of rotatable bonds is 3. The lowest BCUT2D eigenvalue weighted by molar-refractivity contribution is 0.0691. The number of benzene rings is 1. The Morgan fingerprint density at radius 3 is 2.50 bits per heavy atom. The van der Waals surface area contributed by atoms with Crippen LogP contribution in [-0.4, -0.2) is 16.1 Å². The number of halogens is 1. The molecule has 0 amide bonds. The molecule has 0 atom stereocenters. The van der Waals surface area contributed by atoms with Crippen LogP contribution in [0, 0.1) is 0 Å². The largest absolute Gasteiger partial charge is 0.477 e. The molecule has 2 N–H and O–H groups in total. The number of hydrogen-bond acceptors (Lipinski definition) is 2. The van der Waals surface area contributed by atoms with E-state index in [1.165, 1.54) is 11.8 Å². The predicted octanol–water partition coefficient (Wildman–Crippen LogP) is 3.52. The smallest absolute Gasteiger partial charge is 0.352 e. The van der Waals surface area contributed by atoms with Gasteiger partial charge in [-0.15, -0.1) is 0 Å². The lowest BCUT2D eigenvalue weighted by Gasteiger charge is -1.97. The molecule has 0 fully saturated rings. The highest BCUT2D eigenvalue weighted by atomic mass is 35.5. The van der Waals surface area contributed by atoms with E-state index in [9.17, 15) is 4.79 Å². The number of H-pyrrole nitrogens is 1. The third-order valence-corrected chi connectivity index (χ3v) is 3.17. The van der Waals surface area contributed by atoms with Gasteiger partial charge in [0.2, 0.25) is 0 Å². The van der Waals surface area contributed by atoms with Gasteiger partial charge in [-0.05, 0) is 30.3 Å². The number of aromatic carboxylic acids is 1. The van der Waals surface area contributed by atoms with Crippen LogP contribution in [0.15, 0.2) is 46.3 Å². The molecule has 0 radical (unpaired) electrons. The van der Waals surface area contributed by atoms with Crippen molar-refractivity contribution in [2.24, 2.45) is 0 Å². The summed E-state index contributed by atoms with van der Waals surface area (Å²) in [6.45, 7) is 0. The zero-order chi connectivity index (χ0) is 11.5. The van der Waals surface area contributed by atoms with Gasteiger partial charge in [0.15, 0.2) is 0 Å². The summed E-state index contributed by atoms with van der Waals surface area (Å²) < 4.78 is 0. The average Bonchev–Trinajstić information content (AvgIpc) is 2.70. The molecule has 0 aliphatic rings. The molecule has 0 saturated carbocycles. The van der Waals surface area contributed by atoms with Crippen LogP contribution in [0.25, 0.3) is 0 Å². The van der Waals surface area contributed by atoms with E-state index in [-0.39, 0.29) is 5.69 Å². The van der Waals surface area contributed by atoms with Crippen molar-refractivity contribution >= 4 is 29.3 Å². The van der Waals surface area contributed by atoms with E-state index in [1.54, 1.807) is 24.4 Å². The Labute approximate surface area is 101 Å². The molecule has 5 heteroatoms. The van der Waals surface area contributed by atoms with Gasteiger partial charge >= 0.3 is 5.97 Å². The van der Waals surface area contributed by atoms with Crippen molar-refractivity contribution in [2.45, 2.75) is 9.79 Å².